The number of piperazine rings is 1. The van der Waals surface area contributed by atoms with Gasteiger partial charge in [-0.1, -0.05) is 31.5 Å². The van der Waals surface area contributed by atoms with E-state index in [1.165, 1.54) is 21.3 Å². The Hall–Kier alpha value is -1.45. The van der Waals surface area contributed by atoms with Crippen LogP contribution in [0.5, 0.6) is 0 Å². The van der Waals surface area contributed by atoms with Gasteiger partial charge in [-0.25, -0.2) is 8.42 Å². The summed E-state index contributed by atoms with van der Waals surface area (Å²) in [4.78, 5) is 18.5. The normalized spacial score (nSPS) is 15.7. The van der Waals surface area contributed by atoms with Gasteiger partial charge in [0.2, 0.25) is 10.0 Å². The highest BCUT2D eigenvalue weighted by atomic mass is 35.5. The van der Waals surface area contributed by atoms with Crippen molar-refractivity contribution in [1.82, 2.24) is 14.1 Å². The third-order valence-corrected chi connectivity index (χ3v) is 8.88. The number of halogens is 1. The van der Waals surface area contributed by atoms with Crippen molar-refractivity contribution in [3.8, 4) is 0 Å². The van der Waals surface area contributed by atoms with Crippen molar-refractivity contribution < 1.29 is 13.2 Å². The number of carbonyl (C=O) groups excluding carboxylic acids is 1. The summed E-state index contributed by atoms with van der Waals surface area (Å²) in [7, 11) is -3.73. The van der Waals surface area contributed by atoms with E-state index in [1.54, 1.807) is 36.2 Å². The average Bonchev–Trinajstić information content (AvgIpc) is 3.27. The zero-order valence-electron chi connectivity index (χ0n) is 17.4. The molecule has 0 unspecified atom stereocenters. The van der Waals surface area contributed by atoms with Crippen LogP contribution in [0.1, 0.15) is 29.1 Å². The van der Waals surface area contributed by atoms with Gasteiger partial charge in [0.15, 0.2) is 0 Å². The lowest BCUT2D eigenvalue weighted by molar-refractivity contribution is 0.0638. The van der Waals surface area contributed by atoms with E-state index in [4.69, 9.17) is 11.6 Å². The van der Waals surface area contributed by atoms with Crippen molar-refractivity contribution in [2.75, 3.05) is 45.8 Å². The van der Waals surface area contributed by atoms with E-state index in [1.807, 2.05) is 0 Å². The molecule has 1 aromatic carbocycles. The van der Waals surface area contributed by atoms with Gasteiger partial charge in [-0.3, -0.25) is 9.69 Å². The molecule has 0 aliphatic carbocycles. The van der Waals surface area contributed by atoms with Gasteiger partial charge in [-0.05, 0) is 36.1 Å². The maximum atomic E-state index is 13.0. The van der Waals surface area contributed by atoms with E-state index in [0.29, 0.717) is 31.7 Å². The highest BCUT2D eigenvalue weighted by molar-refractivity contribution is 7.89. The van der Waals surface area contributed by atoms with Crippen LogP contribution < -0.4 is 0 Å². The van der Waals surface area contributed by atoms with Gasteiger partial charge < -0.3 is 4.90 Å². The average molecular weight is 470 g/mol. The molecule has 1 aliphatic rings. The van der Waals surface area contributed by atoms with Gasteiger partial charge in [-0.15, -0.1) is 11.3 Å². The number of thiophene rings is 1. The summed E-state index contributed by atoms with van der Waals surface area (Å²) in [6.07, 6.45) is 1.02. The Kier molecular flexibility index (Phi) is 7.92. The number of sulfonamides is 1. The fourth-order valence-corrected chi connectivity index (χ4v) is 6.27. The Morgan fingerprint density at radius 3 is 2.43 bits per heavy atom. The Morgan fingerprint density at radius 2 is 1.83 bits per heavy atom. The number of benzene rings is 1. The first-order valence-electron chi connectivity index (χ1n) is 10.2. The van der Waals surface area contributed by atoms with Gasteiger partial charge in [0.05, 0.1) is 5.02 Å². The molecule has 1 amide bonds. The summed E-state index contributed by atoms with van der Waals surface area (Å²) in [5.74, 6) is -0.152. The maximum Gasteiger partial charge on any atom is 0.253 e. The summed E-state index contributed by atoms with van der Waals surface area (Å²) in [5, 5.41) is 2.23. The predicted octanol–water partition coefficient (Wildman–Crippen LogP) is 3.43. The minimum Gasteiger partial charge on any atom is -0.336 e. The van der Waals surface area contributed by atoms with Crippen LogP contribution in [0.3, 0.4) is 0 Å². The van der Waals surface area contributed by atoms with Crippen LogP contribution >= 0.6 is 22.9 Å². The maximum absolute atomic E-state index is 13.0. The van der Waals surface area contributed by atoms with Crippen molar-refractivity contribution in [2.45, 2.75) is 25.2 Å². The molecule has 3 rings (SSSR count). The van der Waals surface area contributed by atoms with E-state index in [9.17, 15) is 13.2 Å². The van der Waals surface area contributed by atoms with Crippen molar-refractivity contribution in [1.29, 1.82) is 0 Å². The molecule has 30 heavy (non-hydrogen) atoms. The van der Waals surface area contributed by atoms with Crippen LogP contribution in [-0.4, -0.2) is 74.2 Å². The molecular formula is C21H28ClN3O3S2. The Bertz CT molecular complexity index is 952. The van der Waals surface area contributed by atoms with E-state index in [-0.39, 0.29) is 15.8 Å². The monoisotopic (exact) mass is 469 g/mol. The van der Waals surface area contributed by atoms with Crippen LogP contribution in [-0.2, 0) is 16.4 Å². The molecule has 1 aromatic heterocycles. The molecule has 0 saturated carbocycles. The lowest BCUT2D eigenvalue weighted by Crippen LogP contribution is -2.49. The largest absolute Gasteiger partial charge is 0.336 e. The summed E-state index contributed by atoms with van der Waals surface area (Å²) in [6.45, 7) is 8.12. The van der Waals surface area contributed by atoms with Gasteiger partial charge >= 0.3 is 0 Å². The molecule has 0 spiro atoms. The molecule has 6 nitrogen and oxygen atoms in total. The standard InChI is InChI=1S/C21H28ClN3O3S2/c1-3-25(4-2)30(27,28)20-16-17(7-8-19(20)22)21(26)24-13-11-23(12-14-24)10-9-18-6-5-15-29-18/h5-8,15-16H,3-4,9-14H2,1-2H3. The highest BCUT2D eigenvalue weighted by Crippen LogP contribution is 2.26. The number of amides is 1. The third kappa shape index (κ3) is 5.23. The second-order valence-corrected chi connectivity index (χ2v) is 10.5. The van der Waals surface area contributed by atoms with E-state index >= 15 is 0 Å². The molecule has 2 aromatic rings. The van der Waals surface area contributed by atoms with Crippen molar-refractivity contribution in [3.05, 3.63) is 51.2 Å². The van der Waals surface area contributed by atoms with Gasteiger partial charge in [0.25, 0.3) is 5.91 Å². The fraction of sp³-hybridized carbons (Fsp3) is 0.476. The molecule has 0 atom stereocenters. The smallest absolute Gasteiger partial charge is 0.253 e. The molecule has 164 valence electrons. The number of carbonyl (C=O) groups is 1. The van der Waals surface area contributed by atoms with E-state index in [2.05, 4.69) is 22.4 Å². The van der Waals surface area contributed by atoms with E-state index in [0.717, 1.165) is 26.1 Å². The van der Waals surface area contributed by atoms with Crippen molar-refractivity contribution >= 4 is 38.9 Å². The van der Waals surface area contributed by atoms with Gasteiger partial charge in [-0.2, -0.15) is 4.31 Å². The second-order valence-electron chi connectivity index (χ2n) is 7.20. The highest BCUT2D eigenvalue weighted by Gasteiger charge is 2.27. The second kappa shape index (κ2) is 10.2. The molecule has 0 N–H and O–H groups in total. The van der Waals surface area contributed by atoms with Crippen LogP contribution in [0.25, 0.3) is 0 Å². The third-order valence-electron chi connectivity index (χ3n) is 5.42. The van der Waals surface area contributed by atoms with Crippen LogP contribution in [0.2, 0.25) is 5.02 Å². The molecule has 0 radical (unpaired) electrons. The Balaban J connectivity index is 1.66. The molecule has 1 fully saturated rings. The number of rotatable bonds is 8. The number of hydrogen-bond donors (Lipinski definition) is 0. The van der Waals surface area contributed by atoms with E-state index < -0.39 is 10.0 Å². The number of hydrogen-bond acceptors (Lipinski definition) is 5. The first-order chi connectivity index (χ1) is 14.4. The predicted molar refractivity (Wildman–Crippen MR) is 122 cm³/mol. The first kappa shape index (κ1) is 23.2. The molecule has 2 heterocycles. The van der Waals surface area contributed by atoms with Gasteiger partial charge in [0.1, 0.15) is 4.90 Å². The lowest BCUT2D eigenvalue weighted by Gasteiger charge is -2.34. The zero-order valence-corrected chi connectivity index (χ0v) is 19.8. The van der Waals surface area contributed by atoms with Crippen molar-refractivity contribution in [2.24, 2.45) is 0 Å². The molecule has 1 saturated heterocycles. The minimum atomic E-state index is -3.73. The molecular weight excluding hydrogens is 442 g/mol. The van der Waals surface area contributed by atoms with Crippen LogP contribution in [0, 0.1) is 0 Å². The summed E-state index contributed by atoms with van der Waals surface area (Å²) < 4.78 is 27.1. The quantitative estimate of drug-likeness (QED) is 0.594. The Morgan fingerprint density at radius 1 is 1.13 bits per heavy atom. The summed E-state index contributed by atoms with van der Waals surface area (Å²) in [6, 6.07) is 8.74. The first-order valence-corrected chi connectivity index (χ1v) is 12.9. The lowest BCUT2D eigenvalue weighted by atomic mass is 10.1. The SMILES string of the molecule is CCN(CC)S(=O)(=O)c1cc(C(=O)N2CCN(CCc3cccs3)CC2)ccc1Cl. The Labute approximate surface area is 188 Å². The van der Waals surface area contributed by atoms with Gasteiger partial charge in [0, 0.05) is 56.3 Å². The topological polar surface area (TPSA) is 60.9 Å². The summed E-state index contributed by atoms with van der Waals surface area (Å²) in [5.41, 5.74) is 0.358. The molecule has 0 bridgehead atoms. The molecule has 9 heteroatoms. The summed E-state index contributed by atoms with van der Waals surface area (Å²) >= 11 is 7.96. The minimum absolute atomic E-state index is 0.00620. The van der Waals surface area contributed by atoms with Crippen LogP contribution in [0.4, 0.5) is 0 Å². The van der Waals surface area contributed by atoms with Crippen LogP contribution in [0.15, 0.2) is 40.6 Å². The zero-order chi connectivity index (χ0) is 21.7. The number of nitrogens with zero attached hydrogens (tertiary/aromatic N) is 3. The molecule has 1 aliphatic heterocycles. The fourth-order valence-electron chi connectivity index (χ4n) is 3.62. The van der Waals surface area contributed by atoms with Crippen molar-refractivity contribution in [3.63, 3.8) is 0 Å².